The molecule has 0 saturated carbocycles. The lowest BCUT2D eigenvalue weighted by molar-refractivity contribution is -0.139. The van der Waals surface area contributed by atoms with Gasteiger partial charge in [0.1, 0.15) is 6.04 Å². The minimum atomic E-state index is -4.71. The number of carboxylic acid groups (broad SMARTS) is 1. The number of rotatable bonds is 5. The Balaban J connectivity index is 2.29. The van der Waals surface area contributed by atoms with E-state index in [2.05, 4.69) is 5.32 Å². The molecule has 0 aliphatic rings. The van der Waals surface area contributed by atoms with Crippen LogP contribution in [-0.2, 0) is 17.4 Å². The van der Waals surface area contributed by atoms with Crippen molar-refractivity contribution < 1.29 is 27.9 Å². The van der Waals surface area contributed by atoms with Crippen LogP contribution >= 0.6 is 0 Å². The summed E-state index contributed by atoms with van der Waals surface area (Å²) in [6.07, 6.45) is -4.73. The molecule has 0 aliphatic carbocycles. The van der Waals surface area contributed by atoms with Crippen molar-refractivity contribution in [1.29, 1.82) is 0 Å². The van der Waals surface area contributed by atoms with Gasteiger partial charge in [0.15, 0.2) is 0 Å². The molecular weight excluding hydrogens is 347 g/mol. The summed E-state index contributed by atoms with van der Waals surface area (Å²) in [4.78, 5) is 23.9. The van der Waals surface area contributed by atoms with Gasteiger partial charge in [0.2, 0.25) is 0 Å². The van der Waals surface area contributed by atoms with Crippen LogP contribution in [0.2, 0.25) is 0 Å². The average molecular weight is 365 g/mol. The van der Waals surface area contributed by atoms with Crippen LogP contribution < -0.4 is 5.32 Å². The Morgan fingerprint density at radius 1 is 1.04 bits per heavy atom. The summed E-state index contributed by atoms with van der Waals surface area (Å²) in [6, 6.07) is 8.37. The number of carboxylic acids is 1. The minimum absolute atomic E-state index is 0.0201. The van der Waals surface area contributed by atoms with Crippen molar-refractivity contribution in [3.8, 4) is 0 Å². The Labute approximate surface area is 148 Å². The summed E-state index contributed by atoms with van der Waals surface area (Å²) < 4.78 is 39.2. The first-order valence-electron chi connectivity index (χ1n) is 7.86. The van der Waals surface area contributed by atoms with Crippen molar-refractivity contribution in [2.45, 2.75) is 32.5 Å². The second kappa shape index (κ2) is 7.59. The van der Waals surface area contributed by atoms with Crippen LogP contribution in [0.3, 0.4) is 0 Å². The molecule has 4 nitrogen and oxygen atoms in total. The van der Waals surface area contributed by atoms with Crippen LogP contribution in [0.15, 0.2) is 42.5 Å². The molecule has 0 spiro atoms. The Morgan fingerprint density at radius 2 is 1.62 bits per heavy atom. The molecule has 0 fully saturated rings. The van der Waals surface area contributed by atoms with Gasteiger partial charge in [-0.25, -0.2) is 4.79 Å². The third-order valence-electron chi connectivity index (χ3n) is 4.13. The molecule has 138 valence electrons. The Bertz CT molecular complexity index is 811. The largest absolute Gasteiger partial charge is 0.480 e. The van der Waals surface area contributed by atoms with E-state index in [0.29, 0.717) is 0 Å². The summed E-state index contributed by atoms with van der Waals surface area (Å²) in [5.41, 5.74) is 0.730. The maximum atomic E-state index is 13.1. The van der Waals surface area contributed by atoms with Gasteiger partial charge >= 0.3 is 12.1 Å². The number of carbonyl (C=O) groups excluding carboxylic acids is 1. The summed E-state index contributed by atoms with van der Waals surface area (Å²) in [7, 11) is 0. The summed E-state index contributed by atoms with van der Waals surface area (Å²) in [5, 5.41) is 11.6. The molecule has 0 aliphatic heterocycles. The lowest BCUT2D eigenvalue weighted by Gasteiger charge is -2.19. The molecule has 2 rings (SSSR count). The van der Waals surface area contributed by atoms with Crippen molar-refractivity contribution in [1.82, 2.24) is 5.32 Å². The zero-order valence-electron chi connectivity index (χ0n) is 14.2. The van der Waals surface area contributed by atoms with Crippen LogP contribution in [0.1, 0.15) is 32.6 Å². The van der Waals surface area contributed by atoms with Gasteiger partial charge in [0.05, 0.1) is 11.1 Å². The number of halogens is 3. The molecule has 1 atom stereocenters. The lowest BCUT2D eigenvalue weighted by atomic mass is 9.96. The highest BCUT2D eigenvalue weighted by Crippen LogP contribution is 2.31. The van der Waals surface area contributed by atoms with Crippen molar-refractivity contribution in [3.63, 3.8) is 0 Å². The van der Waals surface area contributed by atoms with Gasteiger partial charge in [0.25, 0.3) is 5.91 Å². The zero-order valence-corrected chi connectivity index (χ0v) is 14.2. The molecule has 2 aromatic carbocycles. The van der Waals surface area contributed by atoms with E-state index in [1.165, 1.54) is 12.1 Å². The van der Waals surface area contributed by atoms with Gasteiger partial charge in [-0.2, -0.15) is 13.2 Å². The lowest BCUT2D eigenvalue weighted by Crippen LogP contribution is -2.43. The maximum Gasteiger partial charge on any atom is 0.417 e. The highest BCUT2D eigenvalue weighted by Gasteiger charge is 2.35. The molecule has 2 N–H and O–H groups in total. The monoisotopic (exact) mass is 365 g/mol. The smallest absolute Gasteiger partial charge is 0.417 e. The Kier molecular flexibility index (Phi) is 5.69. The van der Waals surface area contributed by atoms with Crippen LogP contribution in [0, 0.1) is 13.8 Å². The first-order valence-corrected chi connectivity index (χ1v) is 7.86. The summed E-state index contributed by atoms with van der Waals surface area (Å²) in [5.74, 6) is -2.39. The number of hydrogen-bond acceptors (Lipinski definition) is 2. The minimum Gasteiger partial charge on any atom is -0.480 e. The van der Waals surface area contributed by atoms with Gasteiger partial charge < -0.3 is 10.4 Å². The number of benzene rings is 2. The van der Waals surface area contributed by atoms with E-state index in [4.69, 9.17) is 0 Å². The molecule has 7 heteroatoms. The van der Waals surface area contributed by atoms with Gasteiger partial charge in [-0.1, -0.05) is 30.3 Å². The molecule has 0 bridgehead atoms. The van der Waals surface area contributed by atoms with Crippen molar-refractivity contribution in [2.24, 2.45) is 0 Å². The third kappa shape index (κ3) is 4.41. The van der Waals surface area contributed by atoms with Crippen LogP contribution in [-0.4, -0.2) is 23.0 Å². The number of amides is 1. The van der Waals surface area contributed by atoms with Crippen LogP contribution in [0.4, 0.5) is 13.2 Å². The SMILES string of the molecule is Cc1cccc(C)c1C[C@@H](NC(=O)c1ccccc1C(F)(F)F)C(=O)O. The normalized spacial score (nSPS) is 12.5. The molecule has 0 heterocycles. The van der Waals surface area contributed by atoms with Crippen LogP contribution in [0.25, 0.3) is 0 Å². The first-order chi connectivity index (χ1) is 12.1. The predicted molar refractivity (Wildman–Crippen MR) is 90.0 cm³/mol. The number of aliphatic carboxylic acids is 1. The maximum absolute atomic E-state index is 13.1. The third-order valence-corrected chi connectivity index (χ3v) is 4.13. The van der Waals surface area contributed by atoms with Crippen molar-refractivity contribution >= 4 is 11.9 Å². The van der Waals surface area contributed by atoms with Gasteiger partial charge in [-0.05, 0) is 42.7 Å². The quantitative estimate of drug-likeness (QED) is 0.848. The molecule has 0 radical (unpaired) electrons. The van der Waals surface area contributed by atoms with Gasteiger partial charge in [-0.3, -0.25) is 4.79 Å². The Hall–Kier alpha value is -2.83. The average Bonchev–Trinajstić information content (AvgIpc) is 2.56. The molecule has 0 saturated heterocycles. The number of hydrogen-bond donors (Lipinski definition) is 2. The van der Waals surface area contributed by atoms with E-state index < -0.39 is 35.2 Å². The molecule has 2 aromatic rings. The number of nitrogens with one attached hydrogen (secondary N) is 1. The summed E-state index contributed by atoms with van der Waals surface area (Å²) in [6.45, 7) is 3.62. The fourth-order valence-corrected chi connectivity index (χ4v) is 2.74. The fraction of sp³-hybridized carbons (Fsp3) is 0.263. The molecule has 1 amide bonds. The number of alkyl halides is 3. The number of carbonyl (C=O) groups is 2. The highest BCUT2D eigenvalue weighted by molar-refractivity contribution is 5.98. The fourth-order valence-electron chi connectivity index (χ4n) is 2.74. The van der Waals surface area contributed by atoms with Gasteiger partial charge in [0, 0.05) is 6.42 Å². The second-order valence-corrected chi connectivity index (χ2v) is 5.98. The predicted octanol–water partition coefficient (Wildman–Crippen LogP) is 3.75. The Morgan fingerprint density at radius 3 is 2.15 bits per heavy atom. The molecular formula is C19H18F3NO3. The topological polar surface area (TPSA) is 66.4 Å². The summed E-state index contributed by atoms with van der Waals surface area (Å²) >= 11 is 0. The van der Waals surface area contributed by atoms with Crippen LogP contribution in [0.5, 0.6) is 0 Å². The van der Waals surface area contributed by atoms with Crippen molar-refractivity contribution in [3.05, 3.63) is 70.3 Å². The molecule has 26 heavy (non-hydrogen) atoms. The highest BCUT2D eigenvalue weighted by atomic mass is 19.4. The second-order valence-electron chi connectivity index (χ2n) is 5.98. The molecule has 0 aromatic heterocycles. The van der Waals surface area contributed by atoms with E-state index in [9.17, 15) is 27.9 Å². The van der Waals surface area contributed by atoms with E-state index in [0.717, 1.165) is 28.8 Å². The zero-order chi connectivity index (χ0) is 19.5. The van der Waals surface area contributed by atoms with E-state index >= 15 is 0 Å². The standard InChI is InChI=1S/C19H18F3NO3/c1-11-6-5-7-12(2)14(11)10-16(18(25)26)23-17(24)13-8-3-4-9-15(13)19(20,21)22/h3-9,16H,10H2,1-2H3,(H,23,24)(H,25,26)/t16-/m1/s1. The van der Waals surface area contributed by atoms with Crippen molar-refractivity contribution in [2.75, 3.05) is 0 Å². The molecule has 0 unspecified atom stereocenters. The first kappa shape index (κ1) is 19.5. The van der Waals surface area contributed by atoms with Gasteiger partial charge in [-0.15, -0.1) is 0 Å². The van der Waals surface area contributed by atoms with E-state index in [1.54, 1.807) is 0 Å². The van der Waals surface area contributed by atoms with E-state index in [-0.39, 0.29) is 6.42 Å². The number of aryl methyl sites for hydroxylation is 2. The van der Waals surface area contributed by atoms with E-state index in [1.807, 2.05) is 32.0 Å².